The van der Waals surface area contributed by atoms with Crippen LogP contribution in [0.5, 0.6) is 0 Å². The number of fused-ring (bicyclic) bond motifs is 1. The fraction of sp³-hybridized carbons (Fsp3) is 0.600. The number of hydrogen-bond acceptors (Lipinski definition) is 5. The van der Waals surface area contributed by atoms with Gasteiger partial charge in [0.25, 0.3) is 0 Å². The third kappa shape index (κ3) is 2.65. The molecule has 2 rings (SSSR count). The summed E-state index contributed by atoms with van der Waals surface area (Å²) in [5, 5.41) is 4.29. The van der Waals surface area contributed by atoms with Gasteiger partial charge in [-0.15, -0.1) is 11.3 Å². The lowest BCUT2D eigenvalue weighted by molar-refractivity contribution is -0.0386. The second-order valence-electron chi connectivity index (χ2n) is 4.95. The monoisotopic (exact) mass is 293 g/mol. The average molecular weight is 293 g/mol. The maximum Gasteiger partial charge on any atom is 0.163 e. The summed E-state index contributed by atoms with van der Waals surface area (Å²) in [7, 11) is 1.90. The average Bonchev–Trinajstić information content (AvgIpc) is 2.89. The predicted molar refractivity (Wildman–Crippen MR) is 85.6 cm³/mol. The molecule has 0 amide bonds. The Labute approximate surface area is 124 Å². The number of rotatable bonds is 6. The van der Waals surface area contributed by atoms with Gasteiger partial charge in [0.2, 0.25) is 0 Å². The van der Waals surface area contributed by atoms with Crippen LogP contribution in [0.25, 0.3) is 10.2 Å². The lowest BCUT2D eigenvalue weighted by Gasteiger charge is -2.26. The highest BCUT2D eigenvalue weighted by Crippen LogP contribution is 2.33. The largest absolute Gasteiger partial charge is 0.372 e. The molecule has 0 aromatic carbocycles. The van der Waals surface area contributed by atoms with Crippen molar-refractivity contribution in [2.75, 3.05) is 19.0 Å². The van der Waals surface area contributed by atoms with Crippen molar-refractivity contribution in [2.45, 2.75) is 46.1 Å². The Morgan fingerprint density at radius 1 is 1.30 bits per heavy atom. The number of ether oxygens (including phenoxy) is 1. The van der Waals surface area contributed by atoms with Gasteiger partial charge in [0.15, 0.2) is 5.82 Å². The summed E-state index contributed by atoms with van der Waals surface area (Å²) in [6, 6.07) is 2.18. The first-order valence-electron chi connectivity index (χ1n) is 7.20. The van der Waals surface area contributed by atoms with Crippen LogP contribution in [0.2, 0.25) is 0 Å². The van der Waals surface area contributed by atoms with Crippen molar-refractivity contribution in [2.24, 2.45) is 0 Å². The zero-order valence-corrected chi connectivity index (χ0v) is 13.7. The number of hydrogen-bond donors (Lipinski definition) is 1. The van der Waals surface area contributed by atoms with Crippen LogP contribution >= 0.6 is 11.3 Å². The van der Waals surface area contributed by atoms with Crippen molar-refractivity contribution >= 4 is 27.4 Å². The molecule has 0 saturated carbocycles. The second-order valence-corrected chi connectivity index (χ2v) is 6.06. The van der Waals surface area contributed by atoms with Gasteiger partial charge in [-0.3, -0.25) is 0 Å². The molecular weight excluding hydrogens is 270 g/mol. The van der Waals surface area contributed by atoms with Gasteiger partial charge >= 0.3 is 0 Å². The summed E-state index contributed by atoms with van der Waals surface area (Å²) in [5.74, 6) is 1.66. The Balaban J connectivity index is 2.59. The molecule has 110 valence electrons. The van der Waals surface area contributed by atoms with E-state index in [0.717, 1.165) is 34.7 Å². The van der Waals surface area contributed by atoms with E-state index in [1.165, 1.54) is 4.88 Å². The van der Waals surface area contributed by atoms with E-state index < -0.39 is 5.60 Å². The number of aryl methyl sites for hydroxylation is 1. The van der Waals surface area contributed by atoms with E-state index in [9.17, 15) is 0 Å². The molecule has 1 atom stereocenters. The van der Waals surface area contributed by atoms with Gasteiger partial charge < -0.3 is 10.1 Å². The Morgan fingerprint density at radius 3 is 2.60 bits per heavy atom. The molecule has 0 aliphatic carbocycles. The predicted octanol–water partition coefficient (Wildman–Crippen LogP) is 3.96. The molecule has 2 aromatic rings. The summed E-state index contributed by atoms with van der Waals surface area (Å²) in [6.07, 6.45) is 1.87. The highest BCUT2D eigenvalue weighted by atomic mass is 32.1. The van der Waals surface area contributed by atoms with E-state index in [4.69, 9.17) is 9.72 Å². The summed E-state index contributed by atoms with van der Waals surface area (Å²) in [5.41, 5.74) is -0.426. The summed E-state index contributed by atoms with van der Waals surface area (Å²) >= 11 is 1.74. The maximum atomic E-state index is 5.90. The number of aromatic nitrogens is 2. The first-order chi connectivity index (χ1) is 9.57. The minimum Gasteiger partial charge on any atom is -0.372 e. The third-order valence-corrected chi connectivity index (χ3v) is 4.81. The molecule has 0 saturated heterocycles. The van der Waals surface area contributed by atoms with Crippen LogP contribution < -0.4 is 5.32 Å². The van der Waals surface area contributed by atoms with E-state index in [-0.39, 0.29) is 0 Å². The molecule has 0 aliphatic heterocycles. The molecule has 0 bridgehead atoms. The Morgan fingerprint density at radius 2 is 2.05 bits per heavy atom. The Kier molecular flexibility index (Phi) is 4.60. The Hall–Kier alpha value is -1.20. The molecule has 0 aliphatic rings. The van der Waals surface area contributed by atoms with Crippen molar-refractivity contribution in [1.82, 2.24) is 9.97 Å². The van der Waals surface area contributed by atoms with E-state index in [2.05, 4.69) is 37.1 Å². The van der Waals surface area contributed by atoms with Crippen LogP contribution in [0.15, 0.2) is 6.07 Å². The standard InChI is InChI=1S/C15H23N3OS/c1-6-10-9-11-12(16-5)17-14(18-13(11)20-10)15(4,7-2)19-8-3/h9H,6-8H2,1-5H3,(H,16,17,18). The van der Waals surface area contributed by atoms with Crippen molar-refractivity contribution < 1.29 is 4.74 Å². The van der Waals surface area contributed by atoms with Gasteiger partial charge in [0.05, 0.1) is 5.39 Å². The SMILES string of the molecule is CCOC(C)(CC)c1nc(NC)c2cc(CC)sc2n1. The quantitative estimate of drug-likeness (QED) is 0.876. The first kappa shape index (κ1) is 15.2. The molecule has 0 radical (unpaired) electrons. The lowest BCUT2D eigenvalue weighted by atomic mass is 10.0. The summed E-state index contributed by atoms with van der Waals surface area (Å²) < 4.78 is 5.90. The number of thiophene rings is 1. The van der Waals surface area contributed by atoms with Crippen LogP contribution in [0.4, 0.5) is 5.82 Å². The lowest BCUT2D eigenvalue weighted by Crippen LogP contribution is -2.28. The van der Waals surface area contributed by atoms with E-state index in [0.29, 0.717) is 6.61 Å². The molecule has 2 aromatic heterocycles. The van der Waals surface area contributed by atoms with Crippen LogP contribution in [0.3, 0.4) is 0 Å². The maximum absolute atomic E-state index is 5.90. The van der Waals surface area contributed by atoms with Crippen molar-refractivity contribution in [3.05, 3.63) is 16.8 Å². The van der Waals surface area contributed by atoms with Gasteiger partial charge in [-0.05, 0) is 32.8 Å². The molecule has 1 unspecified atom stereocenters. The first-order valence-corrected chi connectivity index (χ1v) is 8.02. The highest BCUT2D eigenvalue weighted by molar-refractivity contribution is 7.18. The second kappa shape index (κ2) is 6.06. The van der Waals surface area contributed by atoms with Crippen molar-refractivity contribution in [3.63, 3.8) is 0 Å². The van der Waals surface area contributed by atoms with Gasteiger partial charge in [0.1, 0.15) is 16.2 Å². The summed E-state index contributed by atoms with van der Waals surface area (Å²) in [6.45, 7) is 8.99. The van der Waals surface area contributed by atoms with Gasteiger partial charge in [-0.25, -0.2) is 9.97 Å². The van der Waals surface area contributed by atoms with Crippen molar-refractivity contribution in [3.8, 4) is 0 Å². The van der Waals surface area contributed by atoms with Crippen LogP contribution in [-0.2, 0) is 16.8 Å². The van der Waals surface area contributed by atoms with E-state index in [1.54, 1.807) is 11.3 Å². The topological polar surface area (TPSA) is 47.0 Å². The van der Waals surface area contributed by atoms with Gasteiger partial charge in [0, 0.05) is 18.5 Å². The smallest absolute Gasteiger partial charge is 0.163 e. The van der Waals surface area contributed by atoms with Crippen LogP contribution in [0, 0.1) is 0 Å². The van der Waals surface area contributed by atoms with Crippen LogP contribution in [-0.4, -0.2) is 23.6 Å². The van der Waals surface area contributed by atoms with E-state index >= 15 is 0 Å². The molecule has 20 heavy (non-hydrogen) atoms. The number of nitrogens with zero attached hydrogens (tertiary/aromatic N) is 2. The minimum absolute atomic E-state index is 0.426. The molecule has 0 fully saturated rings. The zero-order valence-electron chi connectivity index (χ0n) is 12.9. The minimum atomic E-state index is -0.426. The molecule has 5 heteroatoms. The van der Waals surface area contributed by atoms with Crippen molar-refractivity contribution in [1.29, 1.82) is 0 Å². The van der Waals surface area contributed by atoms with Gasteiger partial charge in [-0.1, -0.05) is 13.8 Å². The normalized spacial score (nSPS) is 14.4. The van der Waals surface area contributed by atoms with Gasteiger partial charge in [-0.2, -0.15) is 0 Å². The molecule has 0 spiro atoms. The molecule has 4 nitrogen and oxygen atoms in total. The fourth-order valence-electron chi connectivity index (χ4n) is 2.22. The molecule has 2 heterocycles. The third-order valence-electron chi connectivity index (χ3n) is 3.64. The fourth-order valence-corrected chi connectivity index (χ4v) is 3.18. The summed E-state index contributed by atoms with van der Waals surface area (Å²) in [4.78, 5) is 11.8. The zero-order chi connectivity index (χ0) is 14.8. The van der Waals surface area contributed by atoms with Crippen LogP contribution in [0.1, 0.15) is 44.8 Å². The highest BCUT2D eigenvalue weighted by Gasteiger charge is 2.29. The Bertz CT molecular complexity index is 596. The van der Waals surface area contributed by atoms with E-state index in [1.807, 2.05) is 14.0 Å². The number of nitrogens with one attached hydrogen (secondary N) is 1. The number of anilines is 1. The molecular formula is C15H23N3OS. The molecule has 1 N–H and O–H groups in total.